The highest BCUT2D eigenvalue weighted by atomic mass is 16.5. The third-order valence-corrected chi connectivity index (χ3v) is 4.47. The van der Waals surface area contributed by atoms with Crippen molar-refractivity contribution in [3.05, 3.63) is 0 Å². The molecule has 0 radical (unpaired) electrons. The average molecular weight is 225 g/mol. The summed E-state index contributed by atoms with van der Waals surface area (Å²) >= 11 is 0. The van der Waals surface area contributed by atoms with E-state index in [0.717, 1.165) is 12.5 Å². The lowest BCUT2D eigenvalue weighted by atomic mass is 9.66. The molecule has 0 aliphatic heterocycles. The highest BCUT2D eigenvalue weighted by Gasteiger charge is 2.38. The molecule has 0 aromatic carbocycles. The zero-order valence-electron chi connectivity index (χ0n) is 10.9. The van der Waals surface area contributed by atoms with E-state index in [1.54, 1.807) is 0 Å². The average Bonchev–Trinajstić information content (AvgIpc) is 3.03. The maximum absolute atomic E-state index is 5.32. The Morgan fingerprint density at radius 3 is 2.56 bits per heavy atom. The van der Waals surface area contributed by atoms with E-state index in [1.165, 1.54) is 51.5 Å². The summed E-state index contributed by atoms with van der Waals surface area (Å²) in [5, 5.41) is 3.79. The Labute approximate surface area is 100 Å². The summed E-state index contributed by atoms with van der Waals surface area (Å²) in [6, 6.07) is 0.624. The van der Waals surface area contributed by atoms with E-state index in [0.29, 0.717) is 11.5 Å². The molecule has 2 nitrogen and oxygen atoms in total. The second-order valence-electron chi connectivity index (χ2n) is 5.88. The topological polar surface area (TPSA) is 21.3 Å². The van der Waals surface area contributed by atoms with Gasteiger partial charge in [-0.2, -0.15) is 0 Å². The van der Waals surface area contributed by atoms with E-state index in [1.807, 2.05) is 7.11 Å². The number of ether oxygens (including phenoxy) is 1. The quantitative estimate of drug-likeness (QED) is 0.685. The second kappa shape index (κ2) is 5.50. The van der Waals surface area contributed by atoms with Gasteiger partial charge < -0.3 is 10.1 Å². The van der Waals surface area contributed by atoms with Gasteiger partial charge in [0, 0.05) is 19.7 Å². The molecule has 0 spiro atoms. The van der Waals surface area contributed by atoms with Crippen LogP contribution in [0.25, 0.3) is 0 Å². The number of hydrogen-bond donors (Lipinski definition) is 1. The Morgan fingerprint density at radius 2 is 2.12 bits per heavy atom. The van der Waals surface area contributed by atoms with Gasteiger partial charge >= 0.3 is 0 Å². The van der Waals surface area contributed by atoms with Crippen LogP contribution in [0.3, 0.4) is 0 Å². The van der Waals surface area contributed by atoms with Crippen LogP contribution in [0.2, 0.25) is 0 Å². The number of rotatable bonds is 8. The van der Waals surface area contributed by atoms with Gasteiger partial charge in [0.1, 0.15) is 0 Å². The minimum absolute atomic E-state index is 0.624. The first-order valence-electron chi connectivity index (χ1n) is 7.02. The molecule has 1 atom stereocenters. The van der Waals surface area contributed by atoms with Crippen LogP contribution in [0.4, 0.5) is 0 Å². The van der Waals surface area contributed by atoms with Crippen LogP contribution in [-0.2, 0) is 4.74 Å². The molecule has 94 valence electrons. The Morgan fingerprint density at radius 1 is 1.38 bits per heavy atom. The Hall–Kier alpha value is -0.0800. The van der Waals surface area contributed by atoms with Gasteiger partial charge in [0.15, 0.2) is 0 Å². The first-order valence-corrected chi connectivity index (χ1v) is 7.02. The summed E-state index contributed by atoms with van der Waals surface area (Å²) in [5.74, 6) is 0.902. The van der Waals surface area contributed by atoms with Crippen molar-refractivity contribution in [3.63, 3.8) is 0 Å². The van der Waals surface area contributed by atoms with Crippen molar-refractivity contribution in [2.24, 2.45) is 11.3 Å². The molecule has 1 N–H and O–H groups in total. The summed E-state index contributed by atoms with van der Waals surface area (Å²) in [6.07, 6.45) is 9.88. The van der Waals surface area contributed by atoms with Crippen molar-refractivity contribution in [2.45, 2.75) is 57.9 Å². The lowest BCUT2D eigenvalue weighted by Gasteiger charge is -2.43. The molecule has 1 unspecified atom stereocenters. The molecule has 2 aliphatic rings. The van der Waals surface area contributed by atoms with E-state index in [9.17, 15) is 0 Å². The number of methoxy groups -OCH3 is 1. The maximum Gasteiger partial charge on any atom is 0.0618 e. The standard InChI is InChI=1S/C14H27NO/c1-3-7-14(8-4-9-14)11-15-13(10-16-2)12-5-6-12/h12-13,15H,3-11H2,1-2H3. The number of nitrogens with one attached hydrogen (secondary N) is 1. The fourth-order valence-electron chi connectivity index (χ4n) is 3.11. The summed E-state index contributed by atoms with van der Waals surface area (Å²) < 4.78 is 5.32. The SMILES string of the molecule is CCCC1(CNC(COC)C2CC2)CCC1. The molecule has 0 heterocycles. The largest absolute Gasteiger partial charge is 0.383 e. The fourth-order valence-corrected chi connectivity index (χ4v) is 3.11. The smallest absolute Gasteiger partial charge is 0.0618 e. The Kier molecular flexibility index (Phi) is 4.26. The van der Waals surface area contributed by atoms with Crippen molar-refractivity contribution < 1.29 is 4.74 Å². The van der Waals surface area contributed by atoms with Gasteiger partial charge in [-0.15, -0.1) is 0 Å². The van der Waals surface area contributed by atoms with Crippen molar-refractivity contribution in [1.82, 2.24) is 5.32 Å². The molecule has 0 bridgehead atoms. The van der Waals surface area contributed by atoms with Crippen LogP contribution in [0.5, 0.6) is 0 Å². The molecule has 2 saturated carbocycles. The number of hydrogen-bond acceptors (Lipinski definition) is 2. The molecular weight excluding hydrogens is 198 g/mol. The summed E-state index contributed by atoms with van der Waals surface area (Å²) in [4.78, 5) is 0. The van der Waals surface area contributed by atoms with E-state index in [2.05, 4.69) is 12.2 Å². The third kappa shape index (κ3) is 2.98. The van der Waals surface area contributed by atoms with E-state index >= 15 is 0 Å². The normalized spacial score (nSPS) is 25.1. The molecule has 0 saturated heterocycles. The van der Waals surface area contributed by atoms with Crippen molar-refractivity contribution in [1.29, 1.82) is 0 Å². The van der Waals surface area contributed by atoms with Gasteiger partial charge in [0.05, 0.1) is 6.61 Å². The van der Waals surface area contributed by atoms with Crippen molar-refractivity contribution >= 4 is 0 Å². The van der Waals surface area contributed by atoms with Gasteiger partial charge in [-0.1, -0.05) is 19.8 Å². The predicted octanol–water partition coefficient (Wildman–Crippen LogP) is 2.97. The summed E-state index contributed by atoms with van der Waals surface area (Å²) in [7, 11) is 1.82. The van der Waals surface area contributed by atoms with Crippen LogP contribution < -0.4 is 5.32 Å². The van der Waals surface area contributed by atoms with Crippen molar-refractivity contribution in [3.8, 4) is 0 Å². The second-order valence-corrected chi connectivity index (χ2v) is 5.88. The minimum Gasteiger partial charge on any atom is -0.383 e. The first-order chi connectivity index (χ1) is 7.79. The lowest BCUT2D eigenvalue weighted by Crippen LogP contribution is -2.46. The Balaban J connectivity index is 1.74. The molecular formula is C14H27NO. The summed E-state index contributed by atoms with van der Waals surface area (Å²) in [6.45, 7) is 4.44. The van der Waals surface area contributed by atoms with E-state index in [4.69, 9.17) is 4.74 Å². The molecule has 16 heavy (non-hydrogen) atoms. The molecule has 0 aromatic rings. The van der Waals surface area contributed by atoms with Gasteiger partial charge in [0.2, 0.25) is 0 Å². The Bertz CT molecular complexity index is 209. The van der Waals surface area contributed by atoms with Gasteiger partial charge in [-0.3, -0.25) is 0 Å². The van der Waals surface area contributed by atoms with E-state index in [-0.39, 0.29) is 0 Å². The van der Waals surface area contributed by atoms with Gasteiger partial charge in [0.25, 0.3) is 0 Å². The fraction of sp³-hybridized carbons (Fsp3) is 1.00. The molecule has 0 amide bonds. The van der Waals surface area contributed by atoms with Crippen molar-refractivity contribution in [2.75, 3.05) is 20.3 Å². The zero-order chi connectivity index (χ0) is 11.4. The minimum atomic E-state index is 0.624. The molecule has 0 aromatic heterocycles. The zero-order valence-corrected chi connectivity index (χ0v) is 10.9. The maximum atomic E-state index is 5.32. The summed E-state index contributed by atoms with van der Waals surface area (Å²) in [5.41, 5.74) is 0.648. The van der Waals surface area contributed by atoms with Gasteiger partial charge in [-0.25, -0.2) is 0 Å². The van der Waals surface area contributed by atoms with Crippen LogP contribution in [0, 0.1) is 11.3 Å². The van der Waals surface area contributed by atoms with E-state index < -0.39 is 0 Å². The van der Waals surface area contributed by atoms with Gasteiger partial charge in [-0.05, 0) is 43.4 Å². The lowest BCUT2D eigenvalue weighted by molar-refractivity contribution is 0.0936. The molecule has 2 heteroatoms. The molecule has 2 fully saturated rings. The van der Waals surface area contributed by atoms with Crippen LogP contribution >= 0.6 is 0 Å². The highest BCUT2D eigenvalue weighted by molar-refractivity contribution is 4.93. The molecule has 2 rings (SSSR count). The third-order valence-electron chi connectivity index (χ3n) is 4.47. The highest BCUT2D eigenvalue weighted by Crippen LogP contribution is 2.44. The van der Waals surface area contributed by atoms with Crippen LogP contribution in [0.15, 0.2) is 0 Å². The first kappa shape index (κ1) is 12.4. The van der Waals surface area contributed by atoms with Crippen LogP contribution in [-0.4, -0.2) is 26.3 Å². The monoisotopic (exact) mass is 225 g/mol. The van der Waals surface area contributed by atoms with Crippen LogP contribution in [0.1, 0.15) is 51.9 Å². The predicted molar refractivity (Wildman–Crippen MR) is 67.6 cm³/mol. The molecule has 2 aliphatic carbocycles.